The Bertz CT molecular complexity index is 209. The molecule has 0 aliphatic carbocycles. The van der Waals surface area contributed by atoms with E-state index in [1.807, 2.05) is 0 Å². The average Bonchev–Trinajstić information content (AvgIpc) is 2.22. The van der Waals surface area contributed by atoms with Crippen molar-refractivity contribution < 1.29 is 4.79 Å². The number of likely N-dealkylation sites (N-methyl/N-ethyl adjacent to an activating group) is 1. The standard InChI is InChI=1S/C10H22N4O/c1-8-6-14(5-4-10(15)12-11)7-9(2)13(8)3/h8-9H,4-7,11H2,1-3H3,(H,12,15). The van der Waals surface area contributed by atoms with Gasteiger partial charge < -0.3 is 0 Å². The fraction of sp³-hybridized carbons (Fsp3) is 0.900. The summed E-state index contributed by atoms with van der Waals surface area (Å²) in [6, 6.07) is 1.10. The number of rotatable bonds is 3. The van der Waals surface area contributed by atoms with Crippen LogP contribution in [-0.2, 0) is 4.79 Å². The smallest absolute Gasteiger partial charge is 0.235 e. The Morgan fingerprint density at radius 1 is 1.40 bits per heavy atom. The van der Waals surface area contributed by atoms with Gasteiger partial charge in [-0.2, -0.15) is 0 Å². The molecule has 15 heavy (non-hydrogen) atoms. The summed E-state index contributed by atoms with van der Waals surface area (Å²) in [5.74, 6) is 4.95. The number of nitrogens with zero attached hydrogens (tertiary/aromatic N) is 2. The molecule has 0 aromatic rings. The highest BCUT2D eigenvalue weighted by Gasteiger charge is 2.26. The third-order valence-electron chi connectivity index (χ3n) is 3.25. The Morgan fingerprint density at radius 3 is 2.40 bits per heavy atom. The van der Waals surface area contributed by atoms with Crippen molar-refractivity contribution in [2.45, 2.75) is 32.4 Å². The summed E-state index contributed by atoms with van der Waals surface area (Å²) < 4.78 is 0. The lowest BCUT2D eigenvalue weighted by molar-refractivity contribution is -0.121. The van der Waals surface area contributed by atoms with Gasteiger partial charge in [-0.3, -0.25) is 20.0 Å². The molecule has 1 amide bonds. The lowest BCUT2D eigenvalue weighted by Gasteiger charge is -2.42. The summed E-state index contributed by atoms with van der Waals surface area (Å²) in [5.41, 5.74) is 2.16. The fourth-order valence-electron chi connectivity index (χ4n) is 2.03. The van der Waals surface area contributed by atoms with Crippen molar-refractivity contribution in [3.8, 4) is 0 Å². The Balaban J connectivity index is 2.35. The number of carbonyl (C=O) groups is 1. The van der Waals surface area contributed by atoms with Crippen molar-refractivity contribution >= 4 is 5.91 Å². The fourth-order valence-corrected chi connectivity index (χ4v) is 2.03. The molecule has 0 aromatic heterocycles. The molecular formula is C10H22N4O. The molecule has 0 radical (unpaired) electrons. The second-order valence-corrected chi connectivity index (χ2v) is 4.44. The van der Waals surface area contributed by atoms with Gasteiger partial charge in [0, 0.05) is 38.1 Å². The van der Waals surface area contributed by atoms with E-state index < -0.39 is 0 Å². The molecule has 0 bridgehead atoms. The van der Waals surface area contributed by atoms with Crippen LogP contribution in [0.5, 0.6) is 0 Å². The largest absolute Gasteiger partial charge is 0.300 e. The highest BCUT2D eigenvalue weighted by molar-refractivity contribution is 5.75. The van der Waals surface area contributed by atoms with Gasteiger partial charge in [0.15, 0.2) is 0 Å². The molecule has 1 saturated heterocycles. The molecule has 1 aliphatic heterocycles. The van der Waals surface area contributed by atoms with Gasteiger partial charge in [-0.1, -0.05) is 0 Å². The minimum atomic E-state index is -0.0887. The van der Waals surface area contributed by atoms with E-state index >= 15 is 0 Å². The molecule has 0 spiro atoms. The minimum absolute atomic E-state index is 0.0887. The van der Waals surface area contributed by atoms with Crippen LogP contribution < -0.4 is 11.3 Å². The molecule has 1 fully saturated rings. The number of amides is 1. The van der Waals surface area contributed by atoms with Crippen molar-refractivity contribution in [2.24, 2.45) is 5.84 Å². The maximum atomic E-state index is 11.0. The summed E-state index contributed by atoms with van der Waals surface area (Å²) in [6.07, 6.45) is 0.486. The van der Waals surface area contributed by atoms with Gasteiger partial charge in [-0.05, 0) is 20.9 Å². The quantitative estimate of drug-likeness (QED) is 0.374. The second-order valence-electron chi connectivity index (χ2n) is 4.44. The van der Waals surface area contributed by atoms with Gasteiger partial charge >= 0.3 is 0 Å². The molecule has 0 aromatic carbocycles. The van der Waals surface area contributed by atoms with Crippen molar-refractivity contribution in [3.05, 3.63) is 0 Å². The van der Waals surface area contributed by atoms with Gasteiger partial charge in [-0.15, -0.1) is 0 Å². The third-order valence-corrected chi connectivity index (χ3v) is 3.25. The Hall–Kier alpha value is -0.650. The van der Waals surface area contributed by atoms with Gasteiger partial charge in [0.1, 0.15) is 0 Å². The van der Waals surface area contributed by atoms with E-state index in [2.05, 4.69) is 36.1 Å². The van der Waals surface area contributed by atoms with Crippen molar-refractivity contribution in [3.63, 3.8) is 0 Å². The van der Waals surface area contributed by atoms with Crippen LogP contribution in [0, 0.1) is 0 Å². The summed E-state index contributed by atoms with van der Waals surface area (Å²) in [7, 11) is 2.15. The number of hydrogen-bond acceptors (Lipinski definition) is 4. The summed E-state index contributed by atoms with van der Waals surface area (Å²) in [6.45, 7) is 7.28. The van der Waals surface area contributed by atoms with Crippen molar-refractivity contribution in [1.29, 1.82) is 0 Å². The van der Waals surface area contributed by atoms with Crippen LogP contribution in [0.1, 0.15) is 20.3 Å². The summed E-state index contributed by atoms with van der Waals surface area (Å²) in [5, 5.41) is 0. The zero-order valence-electron chi connectivity index (χ0n) is 9.86. The molecular weight excluding hydrogens is 192 g/mol. The first-order valence-corrected chi connectivity index (χ1v) is 5.48. The maximum Gasteiger partial charge on any atom is 0.235 e. The second kappa shape index (κ2) is 5.44. The summed E-state index contributed by atoms with van der Waals surface area (Å²) in [4.78, 5) is 15.7. The van der Waals surface area contributed by atoms with Gasteiger partial charge in [-0.25, -0.2) is 5.84 Å². The van der Waals surface area contributed by atoms with E-state index in [0.29, 0.717) is 18.5 Å². The molecule has 5 heteroatoms. The van der Waals surface area contributed by atoms with Crippen LogP contribution in [0.4, 0.5) is 0 Å². The monoisotopic (exact) mass is 214 g/mol. The maximum absolute atomic E-state index is 11.0. The van der Waals surface area contributed by atoms with Crippen LogP contribution in [0.2, 0.25) is 0 Å². The molecule has 88 valence electrons. The van der Waals surface area contributed by atoms with Crippen LogP contribution in [0.25, 0.3) is 0 Å². The topological polar surface area (TPSA) is 61.6 Å². The summed E-state index contributed by atoms with van der Waals surface area (Å²) >= 11 is 0. The Morgan fingerprint density at radius 2 is 1.93 bits per heavy atom. The number of nitrogens with one attached hydrogen (secondary N) is 1. The lowest BCUT2D eigenvalue weighted by Crippen LogP contribution is -2.55. The highest BCUT2D eigenvalue weighted by atomic mass is 16.2. The molecule has 1 rings (SSSR count). The number of hydrazine groups is 1. The number of nitrogens with two attached hydrogens (primary N) is 1. The van der Waals surface area contributed by atoms with Gasteiger partial charge in [0.2, 0.25) is 5.91 Å². The van der Waals surface area contributed by atoms with Crippen LogP contribution in [0.15, 0.2) is 0 Å². The normalized spacial score (nSPS) is 29.1. The zero-order chi connectivity index (χ0) is 11.4. The number of carbonyl (C=O) groups excluding carboxylic acids is 1. The first-order valence-electron chi connectivity index (χ1n) is 5.48. The average molecular weight is 214 g/mol. The Labute approximate surface area is 91.6 Å². The van der Waals surface area contributed by atoms with E-state index in [9.17, 15) is 4.79 Å². The lowest BCUT2D eigenvalue weighted by atomic mass is 10.1. The molecule has 2 atom stereocenters. The first-order chi connectivity index (χ1) is 7.04. The van der Waals surface area contributed by atoms with Crippen molar-refractivity contribution in [1.82, 2.24) is 15.2 Å². The predicted molar refractivity (Wildman–Crippen MR) is 60.1 cm³/mol. The first kappa shape index (κ1) is 12.4. The molecule has 5 nitrogen and oxygen atoms in total. The van der Waals surface area contributed by atoms with Crippen LogP contribution in [-0.4, -0.2) is 54.5 Å². The van der Waals surface area contributed by atoms with Crippen molar-refractivity contribution in [2.75, 3.05) is 26.7 Å². The SMILES string of the molecule is CC1CN(CCC(=O)NN)CC(C)N1C. The van der Waals surface area contributed by atoms with Crippen LogP contribution in [0.3, 0.4) is 0 Å². The molecule has 1 aliphatic rings. The Kier molecular flexibility index (Phi) is 4.50. The van der Waals surface area contributed by atoms with E-state index in [1.54, 1.807) is 0 Å². The molecule has 3 N–H and O–H groups in total. The number of hydrogen-bond donors (Lipinski definition) is 2. The molecule has 2 unspecified atom stereocenters. The number of piperazine rings is 1. The predicted octanol–water partition coefficient (Wildman–Crippen LogP) is -0.609. The van der Waals surface area contributed by atoms with Crippen LogP contribution >= 0.6 is 0 Å². The zero-order valence-corrected chi connectivity index (χ0v) is 9.86. The third kappa shape index (κ3) is 3.44. The van der Waals surface area contributed by atoms with E-state index in [-0.39, 0.29) is 5.91 Å². The van der Waals surface area contributed by atoms with E-state index in [4.69, 9.17) is 5.84 Å². The van der Waals surface area contributed by atoms with E-state index in [0.717, 1.165) is 19.6 Å². The minimum Gasteiger partial charge on any atom is -0.300 e. The molecule has 1 heterocycles. The van der Waals surface area contributed by atoms with Gasteiger partial charge in [0.05, 0.1) is 0 Å². The molecule has 0 saturated carbocycles. The highest BCUT2D eigenvalue weighted by Crippen LogP contribution is 2.13. The van der Waals surface area contributed by atoms with E-state index in [1.165, 1.54) is 0 Å². The van der Waals surface area contributed by atoms with Gasteiger partial charge in [0.25, 0.3) is 0 Å².